The fourth-order valence-electron chi connectivity index (χ4n) is 4.28. The minimum absolute atomic E-state index is 0.0394. The summed E-state index contributed by atoms with van der Waals surface area (Å²) in [5.74, 6) is 0.311. The first-order valence-electron chi connectivity index (χ1n) is 10.1. The van der Waals surface area contributed by atoms with Crippen LogP contribution in [0.2, 0.25) is 0 Å². The first kappa shape index (κ1) is 17.7. The maximum absolute atomic E-state index is 13.2. The molecule has 5 rings (SSSR count). The highest BCUT2D eigenvalue weighted by Crippen LogP contribution is 2.29. The third-order valence-corrected chi connectivity index (χ3v) is 5.74. The zero-order chi connectivity index (χ0) is 19.6. The number of amides is 1. The van der Waals surface area contributed by atoms with Crippen LogP contribution in [-0.4, -0.2) is 43.5 Å². The van der Waals surface area contributed by atoms with Crippen LogP contribution < -0.4 is 0 Å². The third kappa shape index (κ3) is 3.42. The van der Waals surface area contributed by atoms with Crippen LogP contribution in [0, 0.1) is 0 Å². The van der Waals surface area contributed by atoms with Gasteiger partial charge in [-0.05, 0) is 36.1 Å². The number of imidazole rings is 1. The maximum atomic E-state index is 13.2. The molecule has 4 aromatic rings. The number of aromatic nitrogens is 4. The number of nitrogens with one attached hydrogen (secondary N) is 1. The second kappa shape index (κ2) is 7.54. The number of rotatable bonds is 4. The van der Waals surface area contributed by atoms with E-state index in [0.717, 1.165) is 37.1 Å². The smallest absolute Gasteiger partial charge is 0.272 e. The lowest BCUT2D eigenvalue weighted by molar-refractivity contribution is 0.0698. The van der Waals surface area contributed by atoms with Crippen LogP contribution in [0.3, 0.4) is 0 Å². The number of carbonyl (C=O) groups is 1. The molecule has 3 aromatic heterocycles. The predicted molar refractivity (Wildman–Crippen MR) is 111 cm³/mol. The van der Waals surface area contributed by atoms with Gasteiger partial charge in [0.2, 0.25) is 0 Å². The Bertz CT molecular complexity index is 1130. The average Bonchev–Trinajstić information content (AvgIpc) is 3.41. The third-order valence-electron chi connectivity index (χ3n) is 5.74. The van der Waals surface area contributed by atoms with Crippen LogP contribution in [0.15, 0.2) is 67.1 Å². The Balaban J connectivity index is 1.36. The van der Waals surface area contributed by atoms with Crippen molar-refractivity contribution >= 4 is 11.6 Å². The maximum Gasteiger partial charge on any atom is 0.272 e. The lowest BCUT2D eigenvalue weighted by Gasteiger charge is -2.32. The Labute approximate surface area is 169 Å². The zero-order valence-corrected chi connectivity index (χ0v) is 16.2. The summed E-state index contributed by atoms with van der Waals surface area (Å²) in [4.78, 5) is 19.5. The molecule has 1 saturated heterocycles. The van der Waals surface area contributed by atoms with Gasteiger partial charge in [-0.1, -0.05) is 36.4 Å². The molecule has 6 heteroatoms. The lowest BCUT2D eigenvalue weighted by Crippen LogP contribution is -2.39. The first-order chi connectivity index (χ1) is 14.3. The fourth-order valence-corrected chi connectivity index (χ4v) is 4.28. The standard InChI is InChI=1S/C23H23N5O/c29-23(20-15-24-21-10-4-5-12-28(20)21)27-11-6-9-18(16-27)22-19(14-25-26-22)13-17-7-2-1-3-8-17/h1-5,7-8,10,12,14-15,18H,6,9,11,13,16H2,(H,25,26)/t18-/m0/s1. The van der Waals surface area contributed by atoms with Crippen LogP contribution in [-0.2, 0) is 6.42 Å². The summed E-state index contributed by atoms with van der Waals surface area (Å²) in [6, 6.07) is 16.2. The molecule has 1 N–H and O–H groups in total. The summed E-state index contributed by atoms with van der Waals surface area (Å²) in [5.41, 5.74) is 5.05. The molecule has 146 valence electrons. The first-order valence-corrected chi connectivity index (χ1v) is 10.1. The van der Waals surface area contributed by atoms with E-state index < -0.39 is 0 Å². The number of aromatic amines is 1. The number of benzene rings is 1. The van der Waals surface area contributed by atoms with E-state index in [0.29, 0.717) is 12.2 Å². The molecule has 1 aliphatic heterocycles. The molecule has 0 saturated carbocycles. The number of hydrogen-bond donors (Lipinski definition) is 1. The predicted octanol–water partition coefficient (Wildman–Crippen LogP) is 3.67. The van der Waals surface area contributed by atoms with Crippen molar-refractivity contribution in [2.45, 2.75) is 25.2 Å². The molecule has 0 bridgehead atoms. The number of H-pyrrole nitrogens is 1. The largest absolute Gasteiger partial charge is 0.337 e. The Hall–Kier alpha value is -3.41. The molecule has 0 aliphatic carbocycles. The van der Waals surface area contributed by atoms with E-state index in [2.05, 4.69) is 39.4 Å². The molecule has 1 aliphatic rings. The van der Waals surface area contributed by atoms with Gasteiger partial charge in [0, 0.05) is 37.3 Å². The fraction of sp³-hybridized carbons (Fsp3) is 0.261. The van der Waals surface area contributed by atoms with E-state index >= 15 is 0 Å². The quantitative estimate of drug-likeness (QED) is 0.583. The topological polar surface area (TPSA) is 66.3 Å². The van der Waals surface area contributed by atoms with Crippen molar-refractivity contribution in [3.63, 3.8) is 0 Å². The average molecular weight is 385 g/mol. The summed E-state index contributed by atoms with van der Waals surface area (Å²) in [5, 5.41) is 7.53. The Kier molecular flexibility index (Phi) is 4.60. The summed E-state index contributed by atoms with van der Waals surface area (Å²) in [6.45, 7) is 1.47. The van der Waals surface area contributed by atoms with E-state index in [-0.39, 0.29) is 11.8 Å². The number of hydrogen-bond acceptors (Lipinski definition) is 3. The van der Waals surface area contributed by atoms with Crippen LogP contribution in [0.1, 0.15) is 46.1 Å². The number of piperidine rings is 1. The Morgan fingerprint density at radius 1 is 1.10 bits per heavy atom. The van der Waals surface area contributed by atoms with E-state index in [1.807, 2.05) is 46.0 Å². The van der Waals surface area contributed by atoms with Crippen molar-refractivity contribution in [2.75, 3.05) is 13.1 Å². The van der Waals surface area contributed by atoms with Gasteiger partial charge in [-0.25, -0.2) is 4.98 Å². The molecule has 4 heterocycles. The monoisotopic (exact) mass is 385 g/mol. The zero-order valence-electron chi connectivity index (χ0n) is 16.2. The van der Waals surface area contributed by atoms with E-state index in [1.54, 1.807) is 6.20 Å². The molecule has 0 spiro atoms. The van der Waals surface area contributed by atoms with E-state index in [9.17, 15) is 4.79 Å². The normalized spacial score (nSPS) is 17.0. The van der Waals surface area contributed by atoms with Gasteiger partial charge >= 0.3 is 0 Å². The van der Waals surface area contributed by atoms with Gasteiger partial charge in [-0.2, -0.15) is 5.10 Å². The highest BCUT2D eigenvalue weighted by molar-refractivity contribution is 5.93. The minimum Gasteiger partial charge on any atom is -0.337 e. The molecule has 29 heavy (non-hydrogen) atoms. The van der Waals surface area contributed by atoms with Crippen LogP contribution in [0.5, 0.6) is 0 Å². The second-order valence-corrected chi connectivity index (χ2v) is 7.63. The summed E-state index contributed by atoms with van der Waals surface area (Å²) in [6.07, 6.45) is 8.39. The molecular weight excluding hydrogens is 362 g/mol. The molecule has 1 fully saturated rings. The van der Waals surface area contributed by atoms with Gasteiger partial charge in [-0.3, -0.25) is 14.3 Å². The molecule has 0 radical (unpaired) electrons. The van der Waals surface area contributed by atoms with Gasteiger partial charge in [0.05, 0.1) is 12.4 Å². The molecule has 1 aromatic carbocycles. The number of nitrogens with zero attached hydrogens (tertiary/aromatic N) is 4. The van der Waals surface area contributed by atoms with Gasteiger partial charge in [0.15, 0.2) is 0 Å². The SMILES string of the molecule is O=C(c1cnc2ccccn12)N1CCC[C@H](c2[nH]ncc2Cc2ccccc2)C1. The molecule has 1 amide bonds. The lowest BCUT2D eigenvalue weighted by atomic mass is 9.90. The second-order valence-electron chi connectivity index (χ2n) is 7.63. The molecule has 1 atom stereocenters. The summed E-state index contributed by atoms with van der Waals surface area (Å²) >= 11 is 0. The summed E-state index contributed by atoms with van der Waals surface area (Å²) < 4.78 is 1.86. The highest BCUT2D eigenvalue weighted by Gasteiger charge is 2.29. The van der Waals surface area contributed by atoms with Crippen molar-refractivity contribution in [1.82, 2.24) is 24.5 Å². The van der Waals surface area contributed by atoms with E-state index in [1.165, 1.54) is 11.1 Å². The molecular formula is C23H23N5O. The minimum atomic E-state index is 0.0394. The van der Waals surface area contributed by atoms with Crippen LogP contribution >= 0.6 is 0 Å². The number of carbonyl (C=O) groups excluding carboxylic acids is 1. The van der Waals surface area contributed by atoms with Gasteiger partial charge in [-0.15, -0.1) is 0 Å². The van der Waals surface area contributed by atoms with Crippen molar-refractivity contribution in [3.05, 3.63) is 89.6 Å². The van der Waals surface area contributed by atoms with Crippen molar-refractivity contribution < 1.29 is 4.79 Å². The van der Waals surface area contributed by atoms with Crippen molar-refractivity contribution in [2.24, 2.45) is 0 Å². The van der Waals surface area contributed by atoms with Crippen molar-refractivity contribution in [1.29, 1.82) is 0 Å². The van der Waals surface area contributed by atoms with Crippen LogP contribution in [0.25, 0.3) is 5.65 Å². The van der Waals surface area contributed by atoms with Gasteiger partial charge < -0.3 is 4.90 Å². The van der Waals surface area contributed by atoms with E-state index in [4.69, 9.17) is 0 Å². The number of pyridine rings is 1. The highest BCUT2D eigenvalue weighted by atomic mass is 16.2. The van der Waals surface area contributed by atoms with Crippen molar-refractivity contribution in [3.8, 4) is 0 Å². The van der Waals surface area contributed by atoms with Gasteiger partial charge in [0.25, 0.3) is 5.91 Å². The number of fused-ring (bicyclic) bond motifs is 1. The summed E-state index contributed by atoms with van der Waals surface area (Å²) in [7, 11) is 0. The Morgan fingerprint density at radius 3 is 2.86 bits per heavy atom. The van der Waals surface area contributed by atoms with Crippen LogP contribution in [0.4, 0.5) is 0 Å². The molecule has 6 nitrogen and oxygen atoms in total. The number of likely N-dealkylation sites (tertiary alicyclic amines) is 1. The Morgan fingerprint density at radius 2 is 1.97 bits per heavy atom. The molecule has 0 unspecified atom stereocenters. The van der Waals surface area contributed by atoms with Gasteiger partial charge in [0.1, 0.15) is 11.3 Å².